The number of nitrogens with one attached hydrogen (secondary N) is 2. The van der Waals surface area contributed by atoms with Gasteiger partial charge in [0.15, 0.2) is 12.7 Å². The van der Waals surface area contributed by atoms with E-state index in [1.807, 2.05) is 4.57 Å². The highest BCUT2D eigenvalue weighted by Crippen LogP contribution is 2.16. The Morgan fingerprint density at radius 2 is 2.15 bits per heavy atom. The third kappa shape index (κ3) is 3.07. The van der Waals surface area contributed by atoms with Crippen LogP contribution in [0.4, 0.5) is 0 Å². The van der Waals surface area contributed by atoms with E-state index in [9.17, 15) is 9.90 Å². The van der Waals surface area contributed by atoms with Crippen molar-refractivity contribution in [1.29, 1.82) is 0 Å². The number of rotatable bonds is 7. The fourth-order valence-corrected chi connectivity index (χ4v) is 2.56. The third-order valence-corrected chi connectivity index (χ3v) is 3.69. The second-order valence-corrected chi connectivity index (χ2v) is 5.27. The van der Waals surface area contributed by atoms with Crippen LogP contribution in [0.25, 0.3) is 11.2 Å². The molecule has 2 rings (SSSR count). The lowest BCUT2D eigenvalue weighted by molar-refractivity contribution is -0.708. The minimum atomic E-state index is -0.485. The van der Waals surface area contributed by atoms with E-state index in [4.69, 9.17) is 0 Å². The van der Waals surface area contributed by atoms with Crippen LogP contribution in [0.2, 0.25) is 0 Å². The number of nitrogens with zero attached hydrogens (tertiary/aromatic N) is 2. The van der Waals surface area contributed by atoms with Crippen LogP contribution in [0.3, 0.4) is 0 Å². The Bertz CT molecular complexity index is 602. The predicted octanol–water partition coefficient (Wildman–Crippen LogP) is 1.43. The number of unbranched alkanes of at least 4 members (excludes halogenated alkanes) is 3. The highest BCUT2D eigenvalue weighted by molar-refractivity contribution is 5.63. The van der Waals surface area contributed by atoms with Gasteiger partial charge in [0.05, 0.1) is 6.10 Å². The number of aliphatic hydroxyl groups excluding tert-OH is 1. The van der Waals surface area contributed by atoms with E-state index in [-0.39, 0.29) is 11.6 Å². The molecule has 0 saturated carbocycles. The number of imidazole rings is 1. The molecule has 0 saturated heterocycles. The van der Waals surface area contributed by atoms with Gasteiger partial charge in [-0.1, -0.05) is 31.2 Å². The third-order valence-electron chi connectivity index (χ3n) is 3.69. The van der Waals surface area contributed by atoms with Gasteiger partial charge in [0.25, 0.3) is 5.56 Å². The van der Waals surface area contributed by atoms with Gasteiger partial charge in [-0.25, -0.2) is 4.57 Å². The first-order chi connectivity index (χ1) is 9.65. The summed E-state index contributed by atoms with van der Waals surface area (Å²) in [6, 6.07) is -0.0603. The molecule has 2 aromatic heterocycles. The van der Waals surface area contributed by atoms with Crippen molar-refractivity contribution in [3.63, 3.8) is 0 Å². The molecule has 0 fully saturated rings. The molecule has 2 unspecified atom stereocenters. The van der Waals surface area contributed by atoms with Crippen molar-refractivity contribution in [1.82, 2.24) is 15.0 Å². The molecule has 0 aromatic carbocycles. The van der Waals surface area contributed by atoms with Gasteiger partial charge in [-0.05, 0) is 19.8 Å². The summed E-state index contributed by atoms with van der Waals surface area (Å²) in [6.45, 7) is 3.96. The predicted molar refractivity (Wildman–Crippen MR) is 76.4 cm³/mol. The minimum absolute atomic E-state index is 0.0603. The first kappa shape index (κ1) is 14.7. The van der Waals surface area contributed by atoms with E-state index in [1.165, 1.54) is 19.2 Å². The van der Waals surface area contributed by atoms with Gasteiger partial charge in [-0.3, -0.25) is 14.8 Å². The van der Waals surface area contributed by atoms with E-state index in [1.54, 1.807) is 13.3 Å². The fraction of sp³-hybridized carbons (Fsp3) is 0.643. The van der Waals surface area contributed by atoms with E-state index < -0.39 is 6.10 Å². The Kier molecular flexibility index (Phi) is 4.89. The van der Waals surface area contributed by atoms with Gasteiger partial charge in [0.1, 0.15) is 6.04 Å². The Hall–Kier alpha value is -1.69. The summed E-state index contributed by atoms with van der Waals surface area (Å²) in [5, 5.41) is 10.0. The Labute approximate surface area is 117 Å². The number of hydrogen-bond acceptors (Lipinski definition) is 3. The van der Waals surface area contributed by atoms with Crippen LogP contribution >= 0.6 is 0 Å². The standard InChI is InChI=1S/C14H22N4O2/c1-3-4-5-6-7-11(10(2)19)18-9-17-12-13(18)15-8-16-14(12)20/h8-11,19H,3-7H2,1-2H3,(H,15,16,20)/p+1. The molecule has 2 heterocycles. The monoisotopic (exact) mass is 279 g/mol. The summed E-state index contributed by atoms with van der Waals surface area (Å²) >= 11 is 0. The zero-order valence-electron chi connectivity index (χ0n) is 12.1. The number of aliphatic hydroxyl groups is 1. The lowest BCUT2D eigenvalue weighted by Crippen LogP contribution is -2.44. The molecular formula is C14H23N4O2+. The maximum Gasteiger partial charge on any atom is 0.309 e. The molecule has 20 heavy (non-hydrogen) atoms. The molecule has 0 aliphatic carbocycles. The Morgan fingerprint density at radius 3 is 2.85 bits per heavy atom. The zero-order valence-corrected chi connectivity index (χ0v) is 12.1. The highest BCUT2D eigenvalue weighted by Gasteiger charge is 2.25. The molecule has 2 aromatic rings. The van der Waals surface area contributed by atoms with Crippen LogP contribution in [-0.2, 0) is 0 Å². The second kappa shape index (κ2) is 6.65. The summed E-state index contributed by atoms with van der Waals surface area (Å²) in [4.78, 5) is 21.4. The molecule has 0 aliphatic rings. The lowest BCUT2D eigenvalue weighted by Gasteiger charge is -2.17. The first-order valence-electron chi connectivity index (χ1n) is 7.29. The van der Waals surface area contributed by atoms with Crippen molar-refractivity contribution in [2.24, 2.45) is 0 Å². The second-order valence-electron chi connectivity index (χ2n) is 5.27. The molecule has 2 atom stereocenters. The summed E-state index contributed by atoms with van der Waals surface area (Å²) in [5.74, 6) is 0. The number of fused-ring (bicyclic) bond motifs is 1. The van der Waals surface area contributed by atoms with Gasteiger partial charge in [-0.15, -0.1) is 0 Å². The quantitative estimate of drug-likeness (QED) is 0.529. The van der Waals surface area contributed by atoms with Crippen LogP contribution in [0, 0.1) is 0 Å². The van der Waals surface area contributed by atoms with Crippen molar-refractivity contribution in [2.45, 2.75) is 58.1 Å². The largest absolute Gasteiger partial charge is 0.390 e. The van der Waals surface area contributed by atoms with Crippen molar-refractivity contribution in [3.05, 3.63) is 23.0 Å². The minimum Gasteiger partial charge on any atom is -0.390 e. The van der Waals surface area contributed by atoms with E-state index in [0.29, 0.717) is 11.2 Å². The first-order valence-corrected chi connectivity index (χ1v) is 7.29. The van der Waals surface area contributed by atoms with Gasteiger partial charge >= 0.3 is 5.65 Å². The van der Waals surface area contributed by atoms with Gasteiger partial charge in [-0.2, -0.15) is 0 Å². The number of aromatic nitrogens is 4. The lowest BCUT2D eigenvalue weighted by atomic mass is 10.0. The number of hydrogen-bond donors (Lipinski definition) is 3. The van der Waals surface area contributed by atoms with Crippen molar-refractivity contribution < 1.29 is 9.67 Å². The van der Waals surface area contributed by atoms with Crippen LogP contribution in [-0.4, -0.2) is 26.2 Å². The number of aromatic amines is 2. The summed E-state index contributed by atoms with van der Waals surface area (Å²) in [5.41, 5.74) is 0.853. The van der Waals surface area contributed by atoms with Crippen LogP contribution in [0.15, 0.2) is 17.4 Å². The van der Waals surface area contributed by atoms with Crippen molar-refractivity contribution >= 4 is 11.2 Å². The molecule has 0 spiro atoms. The SMILES string of the molecule is CCCCCCC(C(C)O)[n+]1c[nH]c2c(=O)[nH]cnc21. The average Bonchev–Trinajstić information content (AvgIpc) is 2.84. The summed E-state index contributed by atoms with van der Waals surface area (Å²) in [6.07, 6.45) is 8.14. The fourth-order valence-electron chi connectivity index (χ4n) is 2.56. The zero-order chi connectivity index (χ0) is 14.5. The Morgan fingerprint density at radius 1 is 1.35 bits per heavy atom. The molecule has 0 amide bonds. The molecular weight excluding hydrogens is 256 g/mol. The van der Waals surface area contributed by atoms with Crippen LogP contribution in [0.1, 0.15) is 52.0 Å². The van der Waals surface area contributed by atoms with E-state index >= 15 is 0 Å². The maximum absolute atomic E-state index is 11.7. The van der Waals surface area contributed by atoms with Gasteiger partial charge < -0.3 is 5.11 Å². The maximum atomic E-state index is 11.7. The molecule has 6 heteroatoms. The summed E-state index contributed by atoms with van der Waals surface area (Å²) in [7, 11) is 0. The molecule has 0 bridgehead atoms. The van der Waals surface area contributed by atoms with Crippen LogP contribution in [0.5, 0.6) is 0 Å². The number of H-pyrrole nitrogens is 2. The van der Waals surface area contributed by atoms with Crippen LogP contribution < -0.4 is 10.1 Å². The van der Waals surface area contributed by atoms with Gasteiger partial charge in [0.2, 0.25) is 5.52 Å². The average molecular weight is 279 g/mol. The topological polar surface area (TPSA) is 85.6 Å². The van der Waals surface area contributed by atoms with Crippen molar-refractivity contribution in [2.75, 3.05) is 0 Å². The van der Waals surface area contributed by atoms with E-state index in [0.717, 1.165) is 19.3 Å². The molecule has 3 N–H and O–H groups in total. The molecule has 0 aliphatic heterocycles. The highest BCUT2D eigenvalue weighted by atomic mass is 16.3. The summed E-state index contributed by atoms with van der Waals surface area (Å²) < 4.78 is 1.88. The van der Waals surface area contributed by atoms with Crippen molar-refractivity contribution in [3.8, 4) is 0 Å². The normalized spacial score (nSPS) is 14.6. The molecule has 110 valence electrons. The molecule has 0 radical (unpaired) electrons. The van der Waals surface area contributed by atoms with Gasteiger partial charge in [0, 0.05) is 0 Å². The smallest absolute Gasteiger partial charge is 0.309 e. The Balaban J connectivity index is 2.23. The molecule has 6 nitrogen and oxygen atoms in total. The van der Waals surface area contributed by atoms with E-state index in [2.05, 4.69) is 21.9 Å².